The van der Waals surface area contributed by atoms with Gasteiger partial charge in [-0.1, -0.05) is 12.1 Å². The monoisotopic (exact) mass is 419 g/mol. The summed E-state index contributed by atoms with van der Waals surface area (Å²) in [6.45, 7) is 4.47. The first-order chi connectivity index (χ1) is 10.2. The van der Waals surface area contributed by atoms with Crippen LogP contribution in [0.2, 0.25) is 0 Å². The van der Waals surface area contributed by atoms with Gasteiger partial charge in [0.2, 0.25) is 0 Å². The Balaban J connectivity index is 0.00000242. The zero-order valence-electron chi connectivity index (χ0n) is 13.5. The van der Waals surface area contributed by atoms with E-state index in [1.165, 1.54) is 5.56 Å². The average molecular weight is 419 g/mol. The van der Waals surface area contributed by atoms with Crippen molar-refractivity contribution in [3.8, 4) is 5.75 Å². The molecule has 0 bridgehead atoms. The third-order valence-electron chi connectivity index (χ3n) is 3.66. The normalized spacial score (nSPS) is 17.8. The Kier molecular flexibility index (Phi) is 8.55. The number of guanidine groups is 1. The van der Waals surface area contributed by atoms with Gasteiger partial charge in [-0.2, -0.15) is 0 Å². The number of nitrogens with zero attached hydrogens (tertiary/aromatic N) is 1. The summed E-state index contributed by atoms with van der Waals surface area (Å²) >= 11 is 0. The van der Waals surface area contributed by atoms with Gasteiger partial charge in [-0.25, -0.2) is 0 Å². The van der Waals surface area contributed by atoms with Crippen molar-refractivity contribution >= 4 is 29.9 Å². The molecule has 5 nitrogen and oxygen atoms in total. The summed E-state index contributed by atoms with van der Waals surface area (Å²) in [5.41, 5.74) is 2.34. The molecular weight excluding hydrogens is 393 g/mol. The number of nitrogens with one attached hydrogen (secondary N) is 2. The lowest BCUT2D eigenvalue weighted by atomic mass is 10.1. The average Bonchev–Trinajstić information content (AvgIpc) is 3.01. The second-order valence-corrected chi connectivity index (χ2v) is 5.25. The van der Waals surface area contributed by atoms with Gasteiger partial charge in [0.25, 0.3) is 0 Å². The van der Waals surface area contributed by atoms with Crippen molar-refractivity contribution in [3.63, 3.8) is 0 Å². The molecule has 1 aliphatic rings. The Morgan fingerprint density at radius 1 is 1.41 bits per heavy atom. The molecule has 2 N–H and O–H groups in total. The second-order valence-electron chi connectivity index (χ2n) is 5.25. The van der Waals surface area contributed by atoms with Gasteiger partial charge in [-0.15, -0.1) is 24.0 Å². The predicted molar refractivity (Wildman–Crippen MR) is 100 cm³/mol. The van der Waals surface area contributed by atoms with Crippen LogP contribution in [0.1, 0.15) is 24.0 Å². The van der Waals surface area contributed by atoms with E-state index in [9.17, 15) is 0 Å². The maximum absolute atomic E-state index is 5.59. The lowest BCUT2D eigenvalue weighted by molar-refractivity contribution is 0.114. The molecule has 1 unspecified atom stereocenters. The van der Waals surface area contributed by atoms with Crippen LogP contribution in [0.4, 0.5) is 0 Å². The van der Waals surface area contributed by atoms with E-state index < -0.39 is 0 Å². The molecule has 1 atom stereocenters. The van der Waals surface area contributed by atoms with Gasteiger partial charge in [0.15, 0.2) is 5.96 Å². The van der Waals surface area contributed by atoms with Crippen LogP contribution in [0, 0.1) is 6.92 Å². The van der Waals surface area contributed by atoms with E-state index in [0.29, 0.717) is 6.10 Å². The molecule has 124 valence electrons. The minimum Gasteiger partial charge on any atom is -0.496 e. The van der Waals surface area contributed by atoms with E-state index in [4.69, 9.17) is 9.47 Å². The SMILES string of the molecule is CN=C(NCc1ccc(OC)c(C)c1)NCC1CCCO1.I. The number of aryl methyl sites for hydroxylation is 1. The number of methoxy groups -OCH3 is 1. The number of ether oxygens (including phenoxy) is 2. The van der Waals surface area contributed by atoms with Gasteiger partial charge in [0.05, 0.1) is 13.2 Å². The van der Waals surface area contributed by atoms with Crippen LogP contribution in [0.25, 0.3) is 0 Å². The molecule has 1 aromatic carbocycles. The lowest BCUT2D eigenvalue weighted by Gasteiger charge is -2.15. The number of aliphatic imine (C=N–C) groups is 1. The summed E-state index contributed by atoms with van der Waals surface area (Å²) in [6.07, 6.45) is 2.59. The van der Waals surface area contributed by atoms with Crippen LogP contribution in [0.3, 0.4) is 0 Å². The Morgan fingerprint density at radius 2 is 2.23 bits per heavy atom. The Bertz CT molecular complexity index is 488. The molecule has 0 radical (unpaired) electrons. The maximum atomic E-state index is 5.59. The molecule has 1 aliphatic heterocycles. The lowest BCUT2D eigenvalue weighted by Crippen LogP contribution is -2.40. The number of hydrogen-bond acceptors (Lipinski definition) is 3. The van der Waals surface area contributed by atoms with Crippen molar-refractivity contribution in [1.82, 2.24) is 10.6 Å². The number of halogens is 1. The van der Waals surface area contributed by atoms with E-state index in [2.05, 4.69) is 27.8 Å². The zero-order valence-corrected chi connectivity index (χ0v) is 15.8. The minimum atomic E-state index is 0. The molecule has 0 amide bonds. The quantitative estimate of drug-likeness (QED) is 0.438. The highest BCUT2D eigenvalue weighted by atomic mass is 127. The molecule has 0 aromatic heterocycles. The third kappa shape index (κ3) is 5.64. The first-order valence-electron chi connectivity index (χ1n) is 7.42. The van der Waals surface area contributed by atoms with Gasteiger partial charge >= 0.3 is 0 Å². The molecule has 1 saturated heterocycles. The highest BCUT2D eigenvalue weighted by Gasteiger charge is 2.15. The maximum Gasteiger partial charge on any atom is 0.191 e. The molecule has 0 spiro atoms. The predicted octanol–water partition coefficient (Wildman–Crippen LogP) is 2.47. The van der Waals surface area contributed by atoms with Crippen LogP contribution < -0.4 is 15.4 Å². The van der Waals surface area contributed by atoms with Gasteiger partial charge in [-0.3, -0.25) is 4.99 Å². The number of benzene rings is 1. The minimum absolute atomic E-state index is 0. The van der Waals surface area contributed by atoms with E-state index >= 15 is 0 Å². The van der Waals surface area contributed by atoms with Crippen LogP contribution in [-0.2, 0) is 11.3 Å². The van der Waals surface area contributed by atoms with Gasteiger partial charge < -0.3 is 20.1 Å². The van der Waals surface area contributed by atoms with E-state index in [1.807, 2.05) is 13.0 Å². The molecule has 0 aliphatic carbocycles. The molecule has 0 saturated carbocycles. The topological polar surface area (TPSA) is 54.9 Å². The standard InChI is InChI=1S/C16H25N3O2.HI/c1-12-9-13(6-7-15(12)20-3)10-18-16(17-2)19-11-14-5-4-8-21-14;/h6-7,9,14H,4-5,8,10-11H2,1-3H3,(H2,17,18,19);1H. The van der Waals surface area contributed by atoms with Crippen LogP contribution >= 0.6 is 24.0 Å². The third-order valence-corrected chi connectivity index (χ3v) is 3.66. The fraction of sp³-hybridized carbons (Fsp3) is 0.562. The fourth-order valence-electron chi connectivity index (χ4n) is 2.47. The van der Waals surface area contributed by atoms with Crippen molar-refractivity contribution in [2.75, 3.05) is 27.3 Å². The summed E-state index contributed by atoms with van der Waals surface area (Å²) in [5.74, 6) is 1.72. The molecule has 1 heterocycles. The summed E-state index contributed by atoms with van der Waals surface area (Å²) in [6, 6.07) is 6.18. The smallest absolute Gasteiger partial charge is 0.191 e. The Labute approximate surface area is 149 Å². The van der Waals surface area contributed by atoms with Crippen molar-refractivity contribution < 1.29 is 9.47 Å². The van der Waals surface area contributed by atoms with Gasteiger partial charge in [0.1, 0.15) is 5.75 Å². The zero-order chi connectivity index (χ0) is 15.1. The Hall–Kier alpha value is -1.02. The van der Waals surface area contributed by atoms with Crippen LogP contribution in [0.15, 0.2) is 23.2 Å². The van der Waals surface area contributed by atoms with Crippen LogP contribution in [-0.4, -0.2) is 39.4 Å². The highest BCUT2D eigenvalue weighted by molar-refractivity contribution is 14.0. The van der Waals surface area contributed by atoms with E-state index in [0.717, 1.165) is 49.8 Å². The fourth-order valence-corrected chi connectivity index (χ4v) is 2.47. The molecule has 1 aromatic rings. The molecule has 22 heavy (non-hydrogen) atoms. The van der Waals surface area contributed by atoms with Crippen molar-refractivity contribution in [2.24, 2.45) is 4.99 Å². The van der Waals surface area contributed by atoms with Crippen molar-refractivity contribution in [2.45, 2.75) is 32.4 Å². The van der Waals surface area contributed by atoms with E-state index in [-0.39, 0.29) is 24.0 Å². The summed E-state index contributed by atoms with van der Waals surface area (Å²) in [5, 5.41) is 6.62. The van der Waals surface area contributed by atoms with Crippen molar-refractivity contribution in [1.29, 1.82) is 0 Å². The van der Waals surface area contributed by atoms with E-state index in [1.54, 1.807) is 14.2 Å². The molecule has 1 fully saturated rings. The highest BCUT2D eigenvalue weighted by Crippen LogP contribution is 2.18. The van der Waals surface area contributed by atoms with Crippen molar-refractivity contribution in [3.05, 3.63) is 29.3 Å². The summed E-state index contributed by atoms with van der Waals surface area (Å²) < 4.78 is 10.9. The molecule has 2 rings (SSSR count). The van der Waals surface area contributed by atoms with Gasteiger partial charge in [-0.05, 0) is 37.0 Å². The van der Waals surface area contributed by atoms with Crippen LogP contribution in [0.5, 0.6) is 5.75 Å². The van der Waals surface area contributed by atoms with Gasteiger partial charge in [0, 0.05) is 26.7 Å². The largest absolute Gasteiger partial charge is 0.496 e. The Morgan fingerprint density at radius 3 is 2.82 bits per heavy atom. The molecular formula is C16H26IN3O2. The summed E-state index contributed by atoms with van der Waals surface area (Å²) in [4.78, 5) is 4.23. The first kappa shape index (κ1) is 19.0. The number of rotatable bonds is 5. The second kappa shape index (κ2) is 9.89. The molecule has 6 heteroatoms. The number of hydrogen-bond donors (Lipinski definition) is 2. The summed E-state index contributed by atoms with van der Waals surface area (Å²) in [7, 11) is 3.47. The first-order valence-corrected chi connectivity index (χ1v) is 7.42.